The van der Waals surface area contributed by atoms with Gasteiger partial charge in [0.1, 0.15) is 0 Å². The van der Waals surface area contributed by atoms with Gasteiger partial charge in [-0.1, -0.05) is 6.42 Å². The van der Waals surface area contributed by atoms with E-state index in [1.54, 1.807) is 17.8 Å². The highest BCUT2D eigenvalue weighted by Gasteiger charge is 2.13. The zero-order valence-electron chi connectivity index (χ0n) is 10.7. The SMILES string of the molecule is Nc1nc(SCCN2CCCCC2)ccc1[N+](=O)[O-]. The van der Waals surface area contributed by atoms with Crippen LogP contribution >= 0.6 is 11.8 Å². The molecular weight excluding hydrogens is 264 g/mol. The number of likely N-dealkylation sites (tertiary alicyclic amines) is 1. The first-order chi connectivity index (χ1) is 9.16. The molecule has 1 fully saturated rings. The average Bonchev–Trinajstić information content (AvgIpc) is 2.39. The first-order valence-corrected chi connectivity index (χ1v) is 7.41. The molecule has 1 aromatic heterocycles. The summed E-state index contributed by atoms with van der Waals surface area (Å²) >= 11 is 1.59. The summed E-state index contributed by atoms with van der Waals surface area (Å²) in [5.74, 6) is 0.928. The number of pyridine rings is 1. The Labute approximate surface area is 116 Å². The molecule has 19 heavy (non-hydrogen) atoms. The summed E-state index contributed by atoms with van der Waals surface area (Å²) in [6, 6.07) is 3.08. The van der Waals surface area contributed by atoms with Crippen molar-refractivity contribution < 1.29 is 4.92 Å². The van der Waals surface area contributed by atoms with E-state index >= 15 is 0 Å². The van der Waals surface area contributed by atoms with Crippen LogP contribution < -0.4 is 5.73 Å². The summed E-state index contributed by atoms with van der Waals surface area (Å²) in [6.45, 7) is 3.38. The molecule has 2 heterocycles. The molecule has 0 spiro atoms. The molecule has 0 unspecified atom stereocenters. The Morgan fingerprint density at radius 1 is 1.37 bits per heavy atom. The van der Waals surface area contributed by atoms with Crippen LogP contribution in [0.25, 0.3) is 0 Å². The first kappa shape index (κ1) is 14.1. The van der Waals surface area contributed by atoms with Crippen LogP contribution in [0.15, 0.2) is 17.2 Å². The number of anilines is 1. The summed E-state index contributed by atoms with van der Waals surface area (Å²) in [7, 11) is 0. The van der Waals surface area contributed by atoms with Crippen LogP contribution in [0, 0.1) is 10.1 Å². The zero-order chi connectivity index (χ0) is 13.7. The Kier molecular flexibility index (Phi) is 4.98. The Morgan fingerprint density at radius 3 is 2.74 bits per heavy atom. The third-order valence-electron chi connectivity index (χ3n) is 3.18. The van der Waals surface area contributed by atoms with E-state index < -0.39 is 4.92 Å². The van der Waals surface area contributed by atoms with Crippen LogP contribution in [-0.4, -0.2) is 40.2 Å². The summed E-state index contributed by atoms with van der Waals surface area (Å²) in [5, 5.41) is 11.4. The van der Waals surface area contributed by atoms with Gasteiger partial charge >= 0.3 is 5.69 Å². The van der Waals surface area contributed by atoms with Gasteiger partial charge in [-0.25, -0.2) is 4.98 Å². The first-order valence-electron chi connectivity index (χ1n) is 6.43. The van der Waals surface area contributed by atoms with Gasteiger partial charge in [0.25, 0.3) is 0 Å². The van der Waals surface area contributed by atoms with Crippen molar-refractivity contribution in [3.05, 3.63) is 22.2 Å². The van der Waals surface area contributed by atoms with Crippen molar-refractivity contribution in [1.82, 2.24) is 9.88 Å². The number of aromatic nitrogens is 1. The molecule has 0 saturated carbocycles. The standard InChI is InChI=1S/C12H18N4O2S/c13-12-10(16(17)18)4-5-11(14-12)19-9-8-15-6-2-1-3-7-15/h4-5H,1-3,6-9H2,(H2,13,14). The predicted octanol–water partition coefficient (Wildman–Crippen LogP) is 2.15. The molecule has 6 nitrogen and oxygen atoms in total. The van der Waals surface area contributed by atoms with Gasteiger partial charge in [-0.2, -0.15) is 0 Å². The molecule has 0 bridgehead atoms. The lowest BCUT2D eigenvalue weighted by molar-refractivity contribution is -0.384. The van der Waals surface area contributed by atoms with E-state index in [1.165, 1.54) is 38.4 Å². The van der Waals surface area contributed by atoms with Gasteiger partial charge in [0.2, 0.25) is 5.82 Å². The molecule has 2 rings (SSSR count). The fourth-order valence-electron chi connectivity index (χ4n) is 2.15. The molecular formula is C12H18N4O2S. The van der Waals surface area contributed by atoms with Gasteiger partial charge in [-0.15, -0.1) is 11.8 Å². The highest BCUT2D eigenvalue weighted by Crippen LogP contribution is 2.24. The molecule has 0 atom stereocenters. The fourth-order valence-corrected chi connectivity index (χ4v) is 3.03. The lowest BCUT2D eigenvalue weighted by atomic mass is 10.1. The van der Waals surface area contributed by atoms with Crippen molar-refractivity contribution in [2.24, 2.45) is 0 Å². The van der Waals surface area contributed by atoms with Crippen LogP contribution in [0.5, 0.6) is 0 Å². The second-order valence-corrected chi connectivity index (χ2v) is 5.68. The van der Waals surface area contributed by atoms with Gasteiger partial charge < -0.3 is 10.6 Å². The predicted molar refractivity (Wildman–Crippen MR) is 76.3 cm³/mol. The molecule has 0 aliphatic carbocycles. The monoisotopic (exact) mass is 282 g/mol. The van der Waals surface area contributed by atoms with E-state index in [4.69, 9.17) is 5.73 Å². The van der Waals surface area contributed by atoms with Gasteiger partial charge in [0, 0.05) is 18.4 Å². The quantitative estimate of drug-likeness (QED) is 0.506. The number of hydrogen-bond donors (Lipinski definition) is 1. The van der Waals surface area contributed by atoms with Crippen molar-refractivity contribution in [3.8, 4) is 0 Å². The largest absolute Gasteiger partial charge is 0.378 e. The minimum Gasteiger partial charge on any atom is -0.378 e. The van der Waals surface area contributed by atoms with Crippen LogP contribution in [0.1, 0.15) is 19.3 Å². The van der Waals surface area contributed by atoms with Crippen molar-refractivity contribution in [2.45, 2.75) is 24.3 Å². The number of piperidine rings is 1. The lowest BCUT2D eigenvalue weighted by Gasteiger charge is -2.25. The summed E-state index contributed by atoms with van der Waals surface area (Å²) in [6.07, 6.45) is 3.91. The van der Waals surface area contributed by atoms with E-state index in [9.17, 15) is 10.1 Å². The number of nitrogens with two attached hydrogens (primary N) is 1. The number of nitrogen functional groups attached to an aromatic ring is 1. The average molecular weight is 282 g/mol. The molecule has 1 aliphatic heterocycles. The molecule has 7 heteroatoms. The molecule has 0 aromatic carbocycles. The van der Waals surface area contributed by atoms with Gasteiger partial charge in [-0.3, -0.25) is 10.1 Å². The topological polar surface area (TPSA) is 85.3 Å². The zero-order valence-corrected chi connectivity index (χ0v) is 11.6. The van der Waals surface area contributed by atoms with Crippen molar-refractivity contribution in [3.63, 3.8) is 0 Å². The maximum absolute atomic E-state index is 10.6. The van der Waals surface area contributed by atoms with Crippen molar-refractivity contribution >= 4 is 23.3 Å². The minimum absolute atomic E-state index is 0.00651. The van der Waals surface area contributed by atoms with E-state index in [2.05, 4.69) is 9.88 Å². The Morgan fingerprint density at radius 2 is 2.11 bits per heavy atom. The second kappa shape index (κ2) is 6.72. The number of thioether (sulfide) groups is 1. The normalized spacial score (nSPS) is 16.4. The summed E-state index contributed by atoms with van der Waals surface area (Å²) < 4.78 is 0. The molecule has 1 aromatic rings. The van der Waals surface area contributed by atoms with Crippen molar-refractivity contribution in [2.75, 3.05) is 31.1 Å². The molecule has 1 aliphatic rings. The van der Waals surface area contributed by atoms with Crippen LogP contribution in [0.2, 0.25) is 0 Å². The Hall–Kier alpha value is -1.34. The number of nitro groups is 1. The summed E-state index contributed by atoms with van der Waals surface area (Å²) in [4.78, 5) is 16.6. The van der Waals surface area contributed by atoms with Gasteiger partial charge in [0.05, 0.1) is 9.95 Å². The fraction of sp³-hybridized carbons (Fsp3) is 0.583. The third-order valence-corrected chi connectivity index (χ3v) is 4.09. The van der Waals surface area contributed by atoms with E-state index in [0.29, 0.717) is 0 Å². The third kappa shape index (κ3) is 4.07. The molecule has 0 amide bonds. The van der Waals surface area contributed by atoms with Crippen LogP contribution in [-0.2, 0) is 0 Å². The smallest absolute Gasteiger partial charge is 0.311 e. The Bertz CT molecular complexity index is 449. The maximum atomic E-state index is 10.6. The minimum atomic E-state index is -0.509. The number of hydrogen-bond acceptors (Lipinski definition) is 6. The highest BCUT2D eigenvalue weighted by molar-refractivity contribution is 7.99. The van der Waals surface area contributed by atoms with E-state index in [1.807, 2.05) is 0 Å². The molecule has 1 saturated heterocycles. The number of rotatable bonds is 5. The molecule has 104 valence electrons. The maximum Gasteiger partial charge on any atom is 0.311 e. The number of nitrogens with zero attached hydrogens (tertiary/aromatic N) is 3. The van der Waals surface area contributed by atoms with E-state index in [0.717, 1.165) is 17.3 Å². The lowest BCUT2D eigenvalue weighted by Crippen LogP contribution is -2.31. The van der Waals surface area contributed by atoms with Crippen LogP contribution in [0.3, 0.4) is 0 Å². The molecule has 0 radical (unpaired) electrons. The Balaban J connectivity index is 1.82. The highest BCUT2D eigenvalue weighted by atomic mass is 32.2. The van der Waals surface area contributed by atoms with Crippen LogP contribution in [0.4, 0.5) is 11.5 Å². The van der Waals surface area contributed by atoms with Crippen molar-refractivity contribution in [1.29, 1.82) is 0 Å². The molecule has 2 N–H and O–H groups in total. The summed E-state index contributed by atoms with van der Waals surface area (Å²) in [5.41, 5.74) is 5.44. The van der Waals surface area contributed by atoms with Gasteiger partial charge in [-0.05, 0) is 32.0 Å². The second-order valence-electron chi connectivity index (χ2n) is 4.56. The van der Waals surface area contributed by atoms with E-state index in [-0.39, 0.29) is 11.5 Å². The van der Waals surface area contributed by atoms with Gasteiger partial charge in [0.15, 0.2) is 0 Å².